The number of para-hydroxylation sites is 1. The number of nitrogens with zero attached hydrogens (tertiary/aromatic N) is 2. The first-order valence-corrected chi connectivity index (χ1v) is 12.8. The molecule has 3 aromatic carbocycles. The van der Waals surface area contributed by atoms with Gasteiger partial charge in [-0.15, -0.1) is 0 Å². The molecule has 3 aliphatic rings. The average Bonchev–Trinajstić information content (AvgIpc) is 3.40. The van der Waals surface area contributed by atoms with E-state index in [1.165, 1.54) is 34.1 Å². The Morgan fingerprint density at radius 2 is 1.41 bits per heavy atom. The van der Waals surface area contributed by atoms with E-state index in [1.807, 2.05) is 0 Å². The molecule has 0 radical (unpaired) electrons. The van der Waals surface area contributed by atoms with Crippen molar-refractivity contribution in [2.75, 3.05) is 11.4 Å². The molecule has 0 spiro atoms. The standard InChI is InChI=1S/C31H31N3/c32-22-14-16-23(17-15-22)34(30-18-13-21-7-1-6-12-29(21)33-30)20-31-19-26(24-8-2-4-10-27(24)31)25-9-3-5-11-28(25)31/h1-13,18,22-23,26H,14-17,19-20,32H2. The van der Waals surface area contributed by atoms with Crippen molar-refractivity contribution in [3.8, 4) is 0 Å². The Balaban J connectivity index is 1.37. The van der Waals surface area contributed by atoms with Gasteiger partial charge in [0, 0.05) is 35.3 Å². The maximum absolute atomic E-state index is 6.32. The number of rotatable bonds is 4. The summed E-state index contributed by atoms with van der Waals surface area (Å²) in [5.41, 5.74) is 13.5. The highest BCUT2D eigenvalue weighted by Crippen LogP contribution is 2.60. The van der Waals surface area contributed by atoms with Gasteiger partial charge in [-0.1, -0.05) is 66.7 Å². The lowest BCUT2D eigenvalue weighted by atomic mass is 9.74. The quantitative estimate of drug-likeness (QED) is 0.410. The molecule has 1 saturated carbocycles. The minimum absolute atomic E-state index is 0.0186. The molecule has 3 aliphatic carbocycles. The van der Waals surface area contributed by atoms with E-state index in [0.29, 0.717) is 18.0 Å². The highest BCUT2D eigenvalue weighted by atomic mass is 15.2. The molecule has 3 heteroatoms. The zero-order valence-electron chi connectivity index (χ0n) is 19.5. The normalized spacial score (nSPS) is 26.9. The summed E-state index contributed by atoms with van der Waals surface area (Å²) >= 11 is 0. The van der Waals surface area contributed by atoms with Crippen LogP contribution in [0, 0.1) is 0 Å². The summed E-state index contributed by atoms with van der Waals surface area (Å²) in [6.07, 6.45) is 5.63. The van der Waals surface area contributed by atoms with Gasteiger partial charge in [0.05, 0.1) is 5.52 Å². The highest BCUT2D eigenvalue weighted by molar-refractivity contribution is 5.80. The number of aromatic nitrogens is 1. The van der Waals surface area contributed by atoms with E-state index < -0.39 is 0 Å². The first-order chi connectivity index (χ1) is 16.7. The molecular weight excluding hydrogens is 414 g/mol. The van der Waals surface area contributed by atoms with Gasteiger partial charge in [-0.05, 0) is 72.6 Å². The van der Waals surface area contributed by atoms with E-state index in [4.69, 9.17) is 10.7 Å². The molecule has 1 fully saturated rings. The fourth-order valence-electron chi connectivity index (χ4n) is 7.13. The van der Waals surface area contributed by atoms with E-state index in [1.54, 1.807) is 0 Å². The van der Waals surface area contributed by atoms with Crippen LogP contribution in [0.2, 0.25) is 0 Å². The van der Waals surface area contributed by atoms with Crippen LogP contribution < -0.4 is 10.6 Å². The summed E-state index contributed by atoms with van der Waals surface area (Å²) < 4.78 is 0. The van der Waals surface area contributed by atoms with Gasteiger partial charge in [0.2, 0.25) is 0 Å². The number of fused-ring (bicyclic) bond motifs is 9. The third kappa shape index (κ3) is 2.96. The van der Waals surface area contributed by atoms with Crippen LogP contribution in [0.3, 0.4) is 0 Å². The Kier molecular flexibility index (Phi) is 4.57. The first-order valence-electron chi connectivity index (χ1n) is 12.8. The lowest BCUT2D eigenvalue weighted by Crippen LogP contribution is -2.48. The molecule has 0 aliphatic heterocycles. The molecule has 0 amide bonds. The van der Waals surface area contributed by atoms with Gasteiger partial charge in [-0.25, -0.2) is 4.98 Å². The van der Waals surface area contributed by atoms with Gasteiger partial charge in [-0.2, -0.15) is 0 Å². The van der Waals surface area contributed by atoms with Crippen LogP contribution in [0.5, 0.6) is 0 Å². The third-order valence-electron chi connectivity index (χ3n) is 8.76. The lowest BCUT2D eigenvalue weighted by molar-refractivity contribution is 0.357. The average molecular weight is 446 g/mol. The molecule has 0 atom stereocenters. The van der Waals surface area contributed by atoms with Crippen molar-refractivity contribution >= 4 is 16.7 Å². The number of hydrogen-bond acceptors (Lipinski definition) is 3. The van der Waals surface area contributed by atoms with Crippen molar-refractivity contribution < 1.29 is 0 Å². The summed E-state index contributed by atoms with van der Waals surface area (Å²) in [7, 11) is 0. The molecule has 3 nitrogen and oxygen atoms in total. The molecule has 7 rings (SSSR count). The Bertz CT molecular complexity index is 1320. The molecule has 1 heterocycles. The molecule has 0 saturated heterocycles. The van der Waals surface area contributed by atoms with Crippen molar-refractivity contribution in [2.45, 2.75) is 55.5 Å². The number of hydrogen-bond donors (Lipinski definition) is 1. The van der Waals surface area contributed by atoms with Crippen LogP contribution in [-0.2, 0) is 5.41 Å². The van der Waals surface area contributed by atoms with Crippen LogP contribution >= 0.6 is 0 Å². The van der Waals surface area contributed by atoms with Crippen molar-refractivity contribution in [1.29, 1.82) is 0 Å². The summed E-state index contributed by atoms with van der Waals surface area (Å²) in [5.74, 6) is 1.62. The van der Waals surface area contributed by atoms with E-state index in [0.717, 1.165) is 43.6 Å². The van der Waals surface area contributed by atoms with Crippen LogP contribution in [0.4, 0.5) is 5.82 Å². The predicted octanol–water partition coefficient (Wildman–Crippen LogP) is 6.15. The fraction of sp³-hybridized carbons (Fsp3) is 0.323. The van der Waals surface area contributed by atoms with Crippen LogP contribution in [0.1, 0.15) is 60.3 Å². The maximum atomic E-state index is 6.32. The first kappa shape index (κ1) is 20.2. The van der Waals surface area contributed by atoms with Gasteiger partial charge in [0.1, 0.15) is 5.82 Å². The molecule has 34 heavy (non-hydrogen) atoms. The van der Waals surface area contributed by atoms with E-state index in [9.17, 15) is 0 Å². The minimum atomic E-state index is 0.0186. The van der Waals surface area contributed by atoms with Gasteiger partial charge in [-0.3, -0.25) is 0 Å². The summed E-state index contributed by atoms with van der Waals surface area (Å²) in [5, 5.41) is 1.20. The Labute approximate surface area is 201 Å². The number of nitrogens with two attached hydrogens (primary N) is 1. The van der Waals surface area contributed by atoms with E-state index in [-0.39, 0.29) is 5.41 Å². The number of pyridine rings is 1. The molecule has 2 bridgehead atoms. The lowest BCUT2D eigenvalue weighted by Gasteiger charge is -2.43. The van der Waals surface area contributed by atoms with Crippen molar-refractivity contribution in [1.82, 2.24) is 4.98 Å². The van der Waals surface area contributed by atoms with E-state index >= 15 is 0 Å². The van der Waals surface area contributed by atoms with Crippen molar-refractivity contribution in [2.24, 2.45) is 5.73 Å². The second kappa shape index (κ2) is 7.68. The van der Waals surface area contributed by atoms with Crippen LogP contribution in [-0.4, -0.2) is 23.6 Å². The third-order valence-corrected chi connectivity index (χ3v) is 8.76. The Hall–Kier alpha value is -3.17. The molecule has 2 N–H and O–H groups in total. The van der Waals surface area contributed by atoms with Crippen LogP contribution in [0.25, 0.3) is 10.9 Å². The smallest absolute Gasteiger partial charge is 0.129 e. The largest absolute Gasteiger partial charge is 0.352 e. The number of benzene rings is 3. The Morgan fingerprint density at radius 1 is 0.765 bits per heavy atom. The van der Waals surface area contributed by atoms with Gasteiger partial charge in [0.25, 0.3) is 0 Å². The molecule has 1 aromatic heterocycles. The molecular formula is C31H31N3. The molecule has 0 unspecified atom stereocenters. The van der Waals surface area contributed by atoms with Crippen LogP contribution in [0.15, 0.2) is 84.9 Å². The Morgan fingerprint density at radius 3 is 2.15 bits per heavy atom. The highest BCUT2D eigenvalue weighted by Gasteiger charge is 2.53. The van der Waals surface area contributed by atoms with E-state index in [2.05, 4.69) is 89.8 Å². The second-order valence-corrected chi connectivity index (χ2v) is 10.6. The van der Waals surface area contributed by atoms with Crippen molar-refractivity contribution in [3.05, 3.63) is 107 Å². The monoisotopic (exact) mass is 445 g/mol. The van der Waals surface area contributed by atoms with Gasteiger partial charge >= 0.3 is 0 Å². The minimum Gasteiger partial charge on any atom is -0.352 e. The zero-order valence-corrected chi connectivity index (χ0v) is 19.5. The SMILES string of the molecule is NC1CCC(N(CC23CC(c4ccccc42)c2ccccc23)c2ccc3ccccc3n2)CC1. The maximum Gasteiger partial charge on any atom is 0.129 e. The van der Waals surface area contributed by atoms with Crippen molar-refractivity contribution in [3.63, 3.8) is 0 Å². The predicted molar refractivity (Wildman–Crippen MR) is 139 cm³/mol. The summed E-state index contributed by atoms with van der Waals surface area (Å²) in [6.45, 7) is 0.975. The second-order valence-electron chi connectivity index (χ2n) is 10.6. The topological polar surface area (TPSA) is 42.1 Å². The zero-order chi connectivity index (χ0) is 22.7. The van der Waals surface area contributed by atoms with Gasteiger partial charge < -0.3 is 10.6 Å². The molecule has 4 aromatic rings. The molecule has 170 valence electrons. The summed E-state index contributed by atoms with van der Waals surface area (Å²) in [4.78, 5) is 7.85. The summed E-state index contributed by atoms with van der Waals surface area (Å²) in [6, 6.07) is 32.1. The fourth-order valence-corrected chi connectivity index (χ4v) is 7.13. The number of anilines is 1. The van der Waals surface area contributed by atoms with Gasteiger partial charge in [0.15, 0.2) is 0 Å².